The van der Waals surface area contributed by atoms with E-state index in [-0.39, 0.29) is 35.2 Å². The summed E-state index contributed by atoms with van der Waals surface area (Å²) in [5, 5.41) is -0.314. The maximum Gasteiger partial charge on any atom is 0.306 e. The largest absolute Gasteiger partial charge is 0.461 e. The number of hydrogen-bond donors (Lipinski definition) is 1. The van der Waals surface area contributed by atoms with Gasteiger partial charge in [-0.2, -0.15) is 0 Å². The summed E-state index contributed by atoms with van der Waals surface area (Å²) in [6.07, 6.45) is 18.3. The van der Waals surface area contributed by atoms with Gasteiger partial charge in [0.25, 0.3) is 0 Å². The first kappa shape index (κ1) is 39.6. The minimum atomic E-state index is -2.51. The number of unbranched alkanes of at least 4 members (excludes halogenated alkanes) is 4. The number of esters is 1. The predicted molar refractivity (Wildman–Crippen MR) is 197 cm³/mol. The molecular weight excluding hydrogens is 710 g/mol. The number of carbonyl (C=O) groups is 1. The van der Waals surface area contributed by atoms with Gasteiger partial charge in [-0.15, -0.1) is 0 Å². The lowest BCUT2D eigenvalue weighted by molar-refractivity contribution is -0.192. The second-order valence-electron chi connectivity index (χ2n) is 15.0. The number of benzene rings is 1. The second-order valence-corrected chi connectivity index (χ2v) is 21.3. The minimum absolute atomic E-state index is 0.0833. The molecule has 1 aliphatic carbocycles. The average molecular weight is 773 g/mol. The zero-order chi connectivity index (χ0) is 33.6. The Kier molecular flexibility index (Phi) is 16.7. The van der Waals surface area contributed by atoms with Gasteiger partial charge >= 0.3 is 5.97 Å². The van der Waals surface area contributed by atoms with Crippen molar-refractivity contribution < 1.29 is 28.2 Å². The molecule has 3 unspecified atom stereocenters. The third-order valence-electron chi connectivity index (χ3n) is 10.6. The molecule has 1 aliphatic heterocycles. The summed E-state index contributed by atoms with van der Waals surface area (Å²) in [5.74, 6) is 0.305. The fourth-order valence-corrected chi connectivity index (χ4v) is 8.24. The van der Waals surface area contributed by atoms with Crippen LogP contribution in [0.5, 0.6) is 0 Å². The molecule has 1 saturated heterocycles. The Morgan fingerprint density at radius 1 is 1.11 bits per heavy atom. The molecule has 8 heteroatoms. The molecule has 2 aliphatic rings. The number of ether oxygens (including phenoxy) is 3. The molecule has 0 amide bonds. The molecule has 1 saturated carbocycles. The summed E-state index contributed by atoms with van der Waals surface area (Å²) in [7, 11) is -2.51. The van der Waals surface area contributed by atoms with Gasteiger partial charge in [-0.05, 0) is 116 Å². The summed E-state index contributed by atoms with van der Waals surface area (Å²) in [6.45, 7) is 11.4. The van der Waals surface area contributed by atoms with E-state index in [2.05, 4.69) is 55.5 Å². The molecule has 1 heterocycles. The van der Waals surface area contributed by atoms with E-state index >= 15 is 4.39 Å². The van der Waals surface area contributed by atoms with Gasteiger partial charge in [-0.1, -0.05) is 88.9 Å². The molecule has 46 heavy (non-hydrogen) atoms. The lowest BCUT2D eigenvalue weighted by atomic mass is 9.85. The Bertz CT molecular complexity index is 1040. The van der Waals surface area contributed by atoms with E-state index in [1.807, 2.05) is 43.4 Å². The number of rotatable bonds is 20. The summed E-state index contributed by atoms with van der Waals surface area (Å²) < 4.78 is 33.0. The highest BCUT2D eigenvalue weighted by molar-refractivity contribution is 14.1. The van der Waals surface area contributed by atoms with Gasteiger partial charge < -0.3 is 19.0 Å². The average Bonchev–Trinajstić information content (AvgIpc) is 3.39. The van der Waals surface area contributed by atoms with E-state index in [4.69, 9.17) is 14.2 Å². The molecular formula is C38H62FIO5Si. The first-order chi connectivity index (χ1) is 21.8. The van der Waals surface area contributed by atoms with Crippen molar-refractivity contribution in [3.8, 4) is 0 Å². The SMILES string of the molecule is CCCCC(F)(I)C(/C=C/[C@@H]1[C@@H](CCCCCCC(=O)OCc2ccccc2)CC[C@H]1OC1CCCCO1)CC(C)(C)[Si](C)(C)O. The van der Waals surface area contributed by atoms with Crippen LogP contribution in [-0.2, 0) is 25.6 Å². The summed E-state index contributed by atoms with van der Waals surface area (Å²) in [4.78, 5) is 23.3. The standard InChI is InChI=1S/C38H62FIO5Si/c1-6-7-26-38(39,40)32(28-37(2,3)46(4,5)42)23-24-33-31(22-25-34(33)45-36-21-15-16-27-43-36)19-13-8-9-14-20-35(41)44-29-30-17-11-10-12-18-30/h10-12,17-18,23-24,31-34,36,42H,6-9,13-16,19-22,25-29H2,1-5H3/b24-23+/t31-,32?,33+,34+,36?,38?/m0/s1. The van der Waals surface area contributed by atoms with Crippen molar-refractivity contribution in [2.75, 3.05) is 6.61 Å². The van der Waals surface area contributed by atoms with Crippen LogP contribution in [0.2, 0.25) is 18.1 Å². The number of allylic oxidation sites excluding steroid dienone is 1. The highest BCUT2D eigenvalue weighted by Crippen LogP contribution is 2.49. The maximum absolute atomic E-state index is 16.4. The monoisotopic (exact) mass is 772 g/mol. The fraction of sp³-hybridized carbons (Fsp3) is 0.763. The molecule has 0 bridgehead atoms. The highest BCUT2D eigenvalue weighted by atomic mass is 127. The number of hydrogen-bond acceptors (Lipinski definition) is 5. The topological polar surface area (TPSA) is 65.0 Å². The minimum Gasteiger partial charge on any atom is -0.461 e. The quantitative estimate of drug-likeness (QED) is 0.0357. The van der Waals surface area contributed by atoms with E-state index < -0.39 is 12.0 Å². The van der Waals surface area contributed by atoms with Crippen molar-refractivity contribution in [2.24, 2.45) is 17.8 Å². The molecule has 262 valence electrons. The molecule has 0 aromatic heterocycles. The Morgan fingerprint density at radius 3 is 2.52 bits per heavy atom. The molecule has 1 aromatic rings. The van der Waals surface area contributed by atoms with Crippen molar-refractivity contribution in [1.82, 2.24) is 0 Å². The third kappa shape index (κ3) is 13.2. The molecule has 0 radical (unpaired) electrons. The van der Waals surface area contributed by atoms with E-state index in [1.165, 1.54) is 0 Å². The second kappa shape index (κ2) is 19.4. The zero-order valence-electron chi connectivity index (χ0n) is 29.3. The number of carbonyl (C=O) groups excluding carboxylic acids is 1. The van der Waals surface area contributed by atoms with Crippen molar-refractivity contribution in [3.05, 3.63) is 48.0 Å². The fourth-order valence-electron chi connectivity index (χ4n) is 6.71. The zero-order valence-corrected chi connectivity index (χ0v) is 32.4. The Hall–Kier alpha value is -0.813. The summed E-state index contributed by atoms with van der Waals surface area (Å²) in [5.41, 5.74) is 1.01. The third-order valence-corrected chi connectivity index (χ3v) is 15.4. The highest BCUT2D eigenvalue weighted by Gasteiger charge is 2.45. The number of alkyl halides is 2. The summed E-state index contributed by atoms with van der Waals surface area (Å²) in [6, 6.07) is 9.81. The molecule has 6 atom stereocenters. The van der Waals surface area contributed by atoms with Gasteiger partial charge in [0.1, 0.15) is 6.61 Å². The van der Waals surface area contributed by atoms with E-state index in [0.29, 0.717) is 31.8 Å². The Balaban J connectivity index is 1.60. The van der Waals surface area contributed by atoms with Crippen molar-refractivity contribution in [3.63, 3.8) is 0 Å². The van der Waals surface area contributed by atoms with Crippen LogP contribution in [0, 0.1) is 17.8 Å². The van der Waals surface area contributed by atoms with Gasteiger partial charge in [-0.25, -0.2) is 4.39 Å². The van der Waals surface area contributed by atoms with Crippen LogP contribution in [0.1, 0.15) is 123 Å². The van der Waals surface area contributed by atoms with Crippen molar-refractivity contribution in [2.45, 2.75) is 158 Å². The summed E-state index contributed by atoms with van der Waals surface area (Å²) >= 11 is 2.05. The van der Waals surface area contributed by atoms with Crippen molar-refractivity contribution in [1.29, 1.82) is 0 Å². The maximum atomic E-state index is 16.4. The first-order valence-corrected chi connectivity index (χ1v) is 22.1. The van der Waals surface area contributed by atoms with E-state index in [0.717, 1.165) is 89.2 Å². The van der Waals surface area contributed by atoms with Gasteiger partial charge in [0.15, 0.2) is 18.3 Å². The van der Waals surface area contributed by atoms with Crippen LogP contribution >= 0.6 is 22.6 Å². The van der Waals surface area contributed by atoms with Gasteiger partial charge in [0.2, 0.25) is 0 Å². The predicted octanol–water partition coefficient (Wildman–Crippen LogP) is 10.8. The molecule has 2 fully saturated rings. The Labute approximate surface area is 294 Å². The van der Waals surface area contributed by atoms with Crippen LogP contribution in [0.3, 0.4) is 0 Å². The van der Waals surface area contributed by atoms with E-state index in [9.17, 15) is 9.59 Å². The molecule has 1 aromatic carbocycles. The molecule has 5 nitrogen and oxygen atoms in total. The normalized spacial score (nSPS) is 24.6. The van der Waals surface area contributed by atoms with E-state index in [1.54, 1.807) is 0 Å². The molecule has 3 rings (SSSR count). The van der Waals surface area contributed by atoms with Gasteiger partial charge in [0.05, 0.1) is 6.10 Å². The van der Waals surface area contributed by atoms with Crippen LogP contribution in [0.15, 0.2) is 42.5 Å². The lowest BCUT2D eigenvalue weighted by Gasteiger charge is -2.40. The number of halogens is 2. The lowest BCUT2D eigenvalue weighted by Crippen LogP contribution is -2.42. The van der Waals surface area contributed by atoms with Crippen molar-refractivity contribution >= 4 is 36.9 Å². The molecule has 1 N–H and O–H groups in total. The Morgan fingerprint density at radius 2 is 1.85 bits per heavy atom. The first-order valence-electron chi connectivity index (χ1n) is 18.1. The van der Waals surface area contributed by atoms with Crippen LogP contribution in [0.4, 0.5) is 4.39 Å². The van der Waals surface area contributed by atoms with Gasteiger partial charge in [-0.3, -0.25) is 4.79 Å². The molecule has 0 spiro atoms. The van der Waals surface area contributed by atoms with Crippen LogP contribution in [0.25, 0.3) is 0 Å². The van der Waals surface area contributed by atoms with Gasteiger partial charge in [0, 0.05) is 24.9 Å². The van der Waals surface area contributed by atoms with Crippen LogP contribution < -0.4 is 0 Å². The van der Waals surface area contributed by atoms with Crippen LogP contribution in [-0.4, -0.2) is 41.8 Å². The smallest absolute Gasteiger partial charge is 0.306 e.